The maximum absolute atomic E-state index is 9.88. The molecule has 5 rings (SSSR count). The Hall–Kier alpha value is -3.16. The lowest BCUT2D eigenvalue weighted by molar-refractivity contribution is 0.174. The number of anilines is 1. The molecular weight excluding hydrogens is 415 g/mol. The number of imidazole rings is 1. The van der Waals surface area contributed by atoms with E-state index in [1.165, 1.54) is 0 Å². The van der Waals surface area contributed by atoms with Crippen LogP contribution in [0.5, 0.6) is 17.2 Å². The molecule has 2 N–H and O–H groups in total. The molecule has 0 amide bonds. The van der Waals surface area contributed by atoms with Gasteiger partial charge >= 0.3 is 0 Å². The molecule has 0 fully saturated rings. The van der Waals surface area contributed by atoms with Crippen LogP contribution in [0.25, 0.3) is 16.9 Å². The highest BCUT2D eigenvalue weighted by Gasteiger charge is 2.18. The third-order valence-electron chi connectivity index (χ3n) is 4.62. The minimum Gasteiger partial charge on any atom is -0.505 e. The van der Waals surface area contributed by atoms with Crippen LogP contribution in [-0.2, 0) is 6.54 Å². The van der Waals surface area contributed by atoms with Crippen LogP contribution in [0.2, 0.25) is 10.0 Å². The number of aromatic hydroxyl groups is 1. The van der Waals surface area contributed by atoms with Crippen molar-refractivity contribution >= 4 is 34.7 Å². The number of nitrogens with one attached hydrogen (secondary N) is 1. The van der Waals surface area contributed by atoms with Crippen molar-refractivity contribution in [2.45, 2.75) is 6.54 Å². The summed E-state index contributed by atoms with van der Waals surface area (Å²) in [4.78, 5) is 8.79. The first-order valence-corrected chi connectivity index (χ1v) is 9.48. The van der Waals surface area contributed by atoms with Crippen molar-refractivity contribution < 1.29 is 14.6 Å². The number of nitrogens with zero attached hydrogens (tertiary/aromatic N) is 3. The van der Waals surface area contributed by atoms with Crippen LogP contribution in [0.4, 0.5) is 5.82 Å². The van der Waals surface area contributed by atoms with E-state index in [2.05, 4.69) is 15.3 Å². The summed E-state index contributed by atoms with van der Waals surface area (Å²) in [6, 6.07) is 9.05. The van der Waals surface area contributed by atoms with Crippen LogP contribution in [0.1, 0.15) is 5.56 Å². The van der Waals surface area contributed by atoms with E-state index in [4.69, 9.17) is 32.7 Å². The first-order chi connectivity index (χ1) is 14.1. The van der Waals surface area contributed by atoms with E-state index in [0.29, 0.717) is 23.4 Å². The number of aromatic nitrogens is 3. The number of ether oxygens (including phenoxy) is 2. The van der Waals surface area contributed by atoms with Gasteiger partial charge in [-0.25, -0.2) is 4.98 Å². The number of hydrogen-bond acceptors (Lipinski definition) is 6. The van der Waals surface area contributed by atoms with Gasteiger partial charge in [-0.3, -0.25) is 9.38 Å². The Morgan fingerprint density at radius 1 is 1.10 bits per heavy atom. The van der Waals surface area contributed by atoms with Gasteiger partial charge in [-0.1, -0.05) is 29.3 Å². The molecule has 29 heavy (non-hydrogen) atoms. The average Bonchev–Trinajstić information content (AvgIpc) is 3.34. The standard InChI is InChI=1S/C20H14Cl2N4O3/c21-13-6-12(7-14(22)19(13)27)18-20(26-4-3-23-9-17(26)25-18)24-8-11-1-2-15-16(5-11)29-10-28-15/h1-7,9,24,27H,8,10H2. The average molecular weight is 429 g/mol. The van der Waals surface area contributed by atoms with Gasteiger partial charge in [0, 0.05) is 24.5 Å². The number of benzene rings is 2. The highest BCUT2D eigenvalue weighted by atomic mass is 35.5. The quantitative estimate of drug-likeness (QED) is 0.488. The number of phenols is 1. The summed E-state index contributed by atoms with van der Waals surface area (Å²) < 4.78 is 12.7. The van der Waals surface area contributed by atoms with E-state index in [0.717, 1.165) is 22.9 Å². The maximum atomic E-state index is 9.88. The van der Waals surface area contributed by atoms with Crippen molar-refractivity contribution in [2.75, 3.05) is 12.1 Å². The van der Waals surface area contributed by atoms with Crippen molar-refractivity contribution in [3.05, 3.63) is 64.5 Å². The second-order valence-corrected chi connectivity index (χ2v) is 7.26. The van der Waals surface area contributed by atoms with Gasteiger partial charge in [0.05, 0.1) is 16.2 Å². The molecule has 9 heteroatoms. The predicted molar refractivity (Wildman–Crippen MR) is 110 cm³/mol. The van der Waals surface area contributed by atoms with Crippen molar-refractivity contribution in [2.24, 2.45) is 0 Å². The number of halogens is 2. The second kappa shape index (κ2) is 7.02. The Balaban J connectivity index is 1.55. The zero-order valence-corrected chi connectivity index (χ0v) is 16.4. The van der Waals surface area contributed by atoms with E-state index < -0.39 is 0 Å². The van der Waals surface area contributed by atoms with Gasteiger partial charge < -0.3 is 19.9 Å². The molecule has 3 heterocycles. The molecule has 7 nitrogen and oxygen atoms in total. The monoisotopic (exact) mass is 428 g/mol. The van der Waals surface area contributed by atoms with Crippen molar-refractivity contribution in [3.8, 4) is 28.5 Å². The Labute approximate surface area is 175 Å². The van der Waals surface area contributed by atoms with Gasteiger partial charge in [0.15, 0.2) is 22.9 Å². The molecule has 0 aliphatic carbocycles. The summed E-state index contributed by atoms with van der Waals surface area (Å²) in [6.45, 7) is 0.762. The van der Waals surface area contributed by atoms with Gasteiger partial charge in [-0.15, -0.1) is 0 Å². The summed E-state index contributed by atoms with van der Waals surface area (Å²) in [5, 5.41) is 13.6. The molecule has 0 spiro atoms. The van der Waals surface area contributed by atoms with E-state index >= 15 is 0 Å². The zero-order valence-electron chi connectivity index (χ0n) is 14.9. The molecule has 0 saturated carbocycles. The molecule has 0 saturated heterocycles. The van der Waals surface area contributed by atoms with E-state index in [-0.39, 0.29) is 22.6 Å². The number of hydrogen-bond donors (Lipinski definition) is 2. The van der Waals surface area contributed by atoms with Crippen molar-refractivity contribution in [1.82, 2.24) is 14.4 Å². The minimum absolute atomic E-state index is 0.155. The first-order valence-electron chi connectivity index (χ1n) is 8.73. The molecule has 4 aromatic rings. The third kappa shape index (κ3) is 3.18. The molecule has 0 unspecified atom stereocenters. The normalized spacial score (nSPS) is 12.5. The maximum Gasteiger partial charge on any atom is 0.231 e. The van der Waals surface area contributed by atoms with Crippen LogP contribution in [0.3, 0.4) is 0 Å². The summed E-state index contributed by atoms with van der Waals surface area (Å²) >= 11 is 12.2. The lowest BCUT2D eigenvalue weighted by Gasteiger charge is -2.10. The largest absolute Gasteiger partial charge is 0.505 e. The smallest absolute Gasteiger partial charge is 0.231 e. The molecule has 0 bridgehead atoms. The lowest BCUT2D eigenvalue weighted by Crippen LogP contribution is -2.03. The van der Waals surface area contributed by atoms with Crippen molar-refractivity contribution in [3.63, 3.8) is 0 Å². The van der Waals surface area contributed by atoms with Gasteiger partial charge in [-0.2, -0.15) is 0 Å². The van der Waals surface area contributed by atoms with Gasteiger partial charge in [0.2, 0.25) is 6.79 Å². The Bertz CT molecular complexity index is 1220. The summed E-state index contributed by atoms with van der Waals surface area (Å²) in [7, 11) is 0. The topological polar surface area (TPSA) is 80.9 Å². The van der Waals surface area contributed by atoms with Crippen LogP contribution in [0, 0.1) is 0 Å². The second-order valence-electron chi connectivity index (χ2n) is 6.44. The fourth-order valence-electron chi connectivity index (χ4n) is 3.22. The Morgan fingerprint density at radius 2 is 1.90 bits per heavy atom. The summed E-state index contributed by atoms with van der Waals surface area (Å²) in [5.74, 6) is 2.06. The zero-order chi connectivity index (χ0) is 20.0. The number of fused-ring (bicyclic) bond motifs is 2. The fourth-order valence-corrected chi connectivity index (χ4v) is 3.70. The van der Waals surface area contributed by atoms with E-state index in [1.54, 1.807) is 24.5 Å². The molecule has 146 valence electrons. The highest BCUT2D eigenvalue weighted by molar-refractivity contribution is 6.37. The molecule has 1 aliphatic heterocycles. The molecular formula is C20H14Cl2N4O3. The van der Waals surface area contributed by atoms with Crippen LogP contribution in [-0.4, -0.2) is 26.3 Å². The summed E-state index contributed by atoms with van der Waals surface area (Å²) in [5.41, 5.74) is 3.00. The fraction of sp³-hybridized carbons (Fsp3) is 0.100. The third-order valence-corrected chi connectivity index (χ3v) is 5.19. The number of phenolic OH excluding ortho intramolecular Hbond substituents is 1. The molecule has 0 radical (unpaired) electrons. The Morgan fingerprint density at radius 3 is 2.72 bits per heavy atom. The summed E-state index contributed by atoms with van der Waals surface area (Å²) in [6.07, 6.45) is 5.16. The minimum atomic E-state index is -0.155. The van der Waals surface area contributed by atoms with Crippen LogP contribution >= 0.6 is 23.2 Å². The molecule has 0 atom stereocenters. The van der Waals surface area contributed by atoms with Crippen LogP contribution in [0.15, 0.2) is 48.9 Å². The van der Waals surface area contributed by atoms with Crippen LogP contribution < -0.4 is 14.8 Å². The number of rotatable bonds is 4. The predicted octanol–water partition coefficient (Wildman–Crippen LogP) is 4.75. The van der Waals surface area contributed by atoms with Gasteiger partial charge in [-0.05, 0) is 29.8 Å². The van der Waals surface area contributed by atoms with E-state index in [9.17, 15) is 5.11 Å². The molecule has 2 aromatic carbocycles. The first kappa shape index (κ1) is 17.9. The van der Waals surface area contributed by atoms with E-state index in [1.807, 2.05) is 28.8 Å². The highest BCUT2D eigenvalue weighted by Crippen LogP contribution is 2.39. The lowest BCUT2D eigenvalue weighted by atomic mass is 10.1. The molecule has 2 aromatic heterocycles. The SMILES string of the molecule is Oc1c(Cl)cc(-c2nc3cnccn3c2NCc2ccc3c(c2)OCO3)cc1Cl. The molecule has 1 aliphatic rings. The van der Waals surface area contributed by atoms with Gasteiger partial charge in [0.25, 0.3) is 0 Å². The van der Waals surface area contributed by atoms with Crippen molar-refractivity contribution in [1.29, 1.82) is 0 Å². The Kier molecular flexibility index (Phi) is 4.34. The van der Waals surface area contributed by atoms with Gasteiger partial charge in [0.1, 0.15) is 11.5 Å².